The third-order valence-corrected chi connectivity index (χ3v) is 13.6. The molecule has 4 aliphatic rings. The second-order valence-electron chi connectivity index (χ2n) is 26.0. The summed E-state index contributed by atoms with van der Waals surface area (Å²) in [5, 5.41) is 14.4. The van der Waals surface area contributed by atoms with E-state index in [-0.39, 0.29) is 92.6 Å². The van der Waals surface area contributed by atoms with Gasteiger partial charge in [-0.05, 0) is 170 Å². The molecule has 4 fully saturated rings. The summed E-state index contributed by atoms with van der Waals surface area (Å²) in [6.07, 6.45) is 5.62. The lowest BCUT2D eigenvalue weighted by Gasteiger charge is -2.46. The number of hydrogen-bond donors (Lipinski definition) is 4. The molecule has 0 amide bonds. The van der Waals surface area contributed by atoms with Gasteiger partial charge in [0.25, 0.3) is 0 Å². The minimum absolute atomic E-state index is 0.0874. The molecule has 384 valence electrons. The lowest BCUT2D eigenvalue weighted by Crippen LogP contribution is -2.59. The second-order valence-corrected chi connectivity index (χ2v) is 26.0. The summed E-state index contributed by atoms with van der Waals surface area (Å²) in [4.78, 5) is 51.1. The summed E-state index contributed by atoms with van der Waals surface area (Å²) in [6.45, 7) is 34.1. The SMILES string of the molecule is CC1(C)CC(OC(=O)c2ccc(-c3ccc(C(=O)OC4CC(C)(C)NC(C)(C)C4)cc3)cc2)CC(C)(C)N1.CC1(C)CC(OC(=O)c2ccc(C(=O)OC3CC(C)(C)NC(C)(C)C3)cc2)CC(C)(C)N1. The molecule has 4 saturated heterocycles. The first kappa shape index (κ1) is 54.7. The van der Waals surface area contributed by atoms with Crippen LogP contribution in [0, 0.1) is 0 Å². The molecule has 7 rings (SSSR count). The van der Waals surface area contributed by atoms with Gasteiger partial charge in [0.2, 0.25) is 0 Å². The maximum atomic E-state index is 12.8. The molecule has 3 aromatic rings. The first-order valence-electron chi connectivity index (χ1n) is 25.4. The van der Waals surface area contributed by atoms with E-state index in [2.05, 4.69) is 132 Å². The van der Waals surface area contributed by atoms with Crippen molar-refractivity contribution in [2.24, 2.45) is 0 Å². The summed E-state index contributed by atoms with van der Waals surface area (Å²) < 4.78 is 23.4. The number of carbonyl (C=O) groups excluding carboxylic acids is 4. The molecule has 0 atom stereocenters. The first-order valence-corrected chi connectivity index (χ1v) is 25.4. The Bertz CT molecular complexity index is 2120. The Labute approximate surface area is 418 Å². The molecule has 12 heteroatoms. The van der Waals surface area contributed by atoms with E-state index in [1.165, 1.54) is 0 Å². The van der Waals surface area contributed by atoms with Crippen molar-refractivity contribution in [3.05, 3.63) is 95.1 Å². The minimum atomic E-state index is -0.356. The van der Waals surface area contributed by atoms with Gasteiger partial charge in [0.1, 0.15) is 24.4 Å². The molecule has 4 N–H and O–H groups in total. The molecule has 70 heavy (non-hydrogen) atoms. The van der Waals surface area contributed by atoms with E-state index < -0.39 is 0 Å². The average Bonchev–Trinajstić information content (AvgIpc) is 3.16. The number of nitrogens with one attached hydrogen (secondary N) is 4. The highest BCUT2D eigenvalue weighted by molar-refractivity contribution is 5.94. The van der Waals surface area contributed by atoms with Crippen molar-refractivity contribution in [3.8, 4) is 11.1 Å². The van der Waals surface area contributed by atoms with Crippen molar-refractivity contribution < 1.29 is 38.1 Å². The van der Waals surface area contributed by atoms with Crippen LogP contribution in [-0.2, 0) is 18.9 Å². The fourth-order valence-corrected chi connectivity index (χ4v) is 12.5. The normalized spacial score (nSPS) is 23.4. The van der Waals surface area contributed by atoms with Crippen molar-refractivity contribution in [1.29, 1.82) is 0 Å². The van der Waals surface area contributed by atoms with Gasteiger partial charge in [-0.2, -0.15) is 0 Å². The summed E-state index contributed by atoms with van der Waals surface area (Å²) in [7, 11) is 0. The zero-order valence-corrected chi connectivity index (χ0v) is 45.2. The van der Waals surface area contributed by atoms with Crippen LogP contribution in [0.25, 0.3) is 11.1 Å². The third kappa shape index (κ3) is 15.7. The Balaban J connectivity index is 0.000000233. The number of piperidine rings is 4. The van der Waals surface area contributed by atoms with Gasteiger partial charge in [-0.15, -0.1) is 0 Å². The predicted octanol–water partition coefficient (Wildman–Crippen LogP) is 10.9. The van der Waals surface area contributed by atoms with Crippen LogP contribution in [-0.4, -0.2) is 92.6 Å². The van der Waals surface area contributed by atoms with Crippen molar-refractivity contribution in [3.63, 3.8) is 0 Å². The Hall–Kier alpha value is -4.62. The lowest BCUT2D eigenvalue weighted by atomic mass is 9.81. The highest BCUT2D eigenvalue weighted by Gasteiger charge is 2.43. The fourth-order valence-electron chi connectivity index (χ4n) is 12.5. The van der Waals surface area contributed by atoms with E-state index in [0.717, 1.165) is 62.5 Å². The van der Waals surface area contributed by atoms with Crippen molar-refractivity contribution >= 4 is 23.9 Å². The molecular formula is C58H84N4O8. The summed E-state index contributed by atoms with van der Waals surface area (Å²) in [5.74, 6) is -1.30. The van der Waals surface area contributed by atoms with Gasteiger partial charge in [0, 0.05) is 95.7 Å². The van der Waals surface area contributed by atoms with Crippen LogP contribution in [0.15, 0.2) is 72.8 Å². The monoisotopic (exact) mass is 965 g/mol. The Kier molecular flexibility index (Phi) is 15.7. The van der Waals surface area contributed by atoms with Crippen LogP contribution in [0.2, 0.25) is 0 Å². The molecule has 0 aromatic heterocycles. The van der Waals surface area contributed by atoms with E-state index in [0.29, 0.717) is 22.3 Å². The molecular weight excluding hydrogens is 881 g/mol. The topological polar surface area (TPSA) is 153 Å². The molecule has 12 nitrogen and oxygen atoms in total. The number of rotatable bonds is 9. The van der Waals surface area contributed by atoms with E-state index >= 15 is 0 Å². The zero-order valence-electron chi connectivity index (χ0n) is 45.2. The predicted molar refractivity (Wildman–Crippen MR) is 277 cm³/mol. The molecule has 0 aliphatic carbocycles. The third-order valence-electron chi connectivity index (χ3n) is 13.6. The number of benzene rings is 3. The Morgan fingerprint density at radius 2 is 0.443 bits per heavy atom. The van der Waals surface area contributed by atoms with Crippen LogP contribution in [0.3, 0.4) is 0 Å². The molecule has 0 saturated carbocycles. The van der Waals surface area contributed by atoms with Gasteiger partial charge in [0.15, 0.2) is 0 Å². The van der Waals surface area contributed by atoms with Crippen LogP contribution in [0.5, 0.6) is 0 Å². The van der Waals surface area contributed by atoms with Crippen molar-refractivity contribution in [1.82, 2.24) is 21.3 Å². The van der Waals surface area contributed by atoms with E-state index in [4.69, 9.17) is 18.9 Å². The highest BCUT2D eigenvalue weighted by atomic mass is 16.6. The smallest absolute Gasteiger partial charge is 0.338 e. The average molecular weight is 965 g/mol. The van der Waals surface area contributed by atoms with Crippen LogP contribution in [0.1, 0.15) is 204 Å². The van der Waals surface area contributed by atoms with Gasteiger partial charge < -0.3 is 40.2 Å². The van der Waals surface area contributed by atoms with E-state index in [9.17, 15) is 19.2 Å². The molecule has 0 bridgehead atoms. The summed E-state index contributed by atoms with van der Waals surface area (Å²) in [6, 6.07) is 21.5. The number of carbonyl (C=O) groups is 4. The maximum Gasteiger partial charge on any atom is 0.338 e. The molecule has 4 heterocycles. The fraction of sp³-hybridized carbons (Fsp3) is 0.621. The largest absolute Gasteiger partial charge is 0.459 e. The van der Waals surface area contributed by atoms with Crippen molar-refractivity contribution in [2.75, 3.05) is 0 Å². The highest BCUT2D eigenvalue weighted by Crippen LogP contribution is 2.35. The van der Waals surface area contributed by atoms with Gasteiger partial charge in [0.05, 0.1) is 22.3 Å². The van der Waals surface area contributed by atoms with E-state index in [1.807, 2.05) is 24.3 Å². The molecule has 0 spiro atoms. The lowest BCUT2D eigenvalue weighted by molar-refractivity contribution is -0.00805. The number of ether oxygens (including phenoxy) is 4. The van der Waals surface area contributed by atoms with Crippen LogP contribution < -0.4 is 21.3 Å². The Morgan fingerprint density at radius 3 is 0.600 bits per heavy atom. The second kappa shape index (κ2) is 20.1. The van der Waals surface area contributed by atoms with Gasteiger partial charge in [-0.1, -0.05) is 24.3 Å². The van der Waals surface area contributed by atoms with Gasteiger partial charge in [-0.3, -0.25) is 0 Å². The molecule has 0 radical (unpaired) electrons. The van der Waals surface area contributed by atoms with Crippen LogP contribution >= 0.6 is 0 Å². The first-order chi connectivity index (χ1) is 32.1. The molecule has 3 aromatic carbocycles. The summed E-state index contributed by atoms with van der Waals surface area (Å²) >= 11 is 0. The van der Waals surface area contributed by atoms with Crippen molar-refractivity contribution in [2.45, 2.75) is 231 Å². The van der Waals surface area contributed by atoms with Crippen LogP contribution in [0.4, 0.5) is 0 Å². The number of esters is 4. The molecule has 0 unspecified atom stereocenters. The Morgan fingerprint density at radius 1 is 0.300 bits per heavy atom. The minimum Gasteiger partial charge on any atom is -0.459 e. The van der Waals surface area contributed by atoms with E-state index in [1.54, 1.807) is 48.5 Å². The molecule has 4 aliphatic heterocycles. The summed E-state index contributed by atoms with van der Waals surface area (Å²) in [5.41, 5.74) is 3.15. The van der Waals surface area contributed by atoms with Gasteiger partial charge >= 0.3 is 23.9 Å². The number of hydrogen-bond acceptors (Lipinski definition) is 12. The standard InChI is InChI=1S/C32H44N2O4.C26H40N2O4/c1-29(2)17-25(18-30(3,4)33-29)37-27(35)23-13-9-21(10-14-23)22-11-15-24(16-12-22)28(36)38-26-19-31(5,6)34-32(7,8)20-26;1-23(2)13-19(14-24(3,4)27-23)31-21(29)17-9-11-18(12-10-17)22(30)32-20-15-25(5,6)28-26(7,8)16-20/h9-16,25-26,33-34H,17-20H2,1-8H3;9-12,19-20,27-28H,13-16H2,1-8H3. The van der Waals surface area contributed by atoms with Gasteiger partial charge in [-0.25, -0.2) is 19.2 Å². The maximum absolute atomic E-state index is 12.8. The zero-order chi connectivity index (χ0) is 51.9. The quantitative estimate of drug-likeness (QED) is 0.119.